The predicted octanol–water partition coefficient (Wildman–Crippen LogP) is 3.21. The summed E-state index contributed by atoms with van der Waals surface area (Å²) in [6.45, 7) is 2.94. The molecule has 0 atom stereocenters. The molecule has 0 spiro atoms. The zero-order chi connectivity index (χ0) is 17.1. The van der Waals surface area contributed by atoms with E-state index in [-0.39, 0.29) is 5.91 Å². The van der Waals surface area contributed by atoms with E-state index in [1.54, 1.807) is 0 Å². The van der Waals surface area contributed by atoms with Crippen molar-refractivity contribution in [1.29, 1.82) is 0 Å². The first-order valence-electron chi connectivity index (χ1n) is 9.48. The zero-order valence-electron chi connectivity index (χ0n) is 14.7. The van der Waals surface area contributed by atoms with E-state index < -0.39 is 0 Å². The smallest absolute Gasteiger partial charge is 0.277 e. The second-order valence-electron chi connectivity index (χ2n) is 7.17. The van der Waals surface area contributed by atoms with Crippen LogP contribution in [0.25, 0.3) is 0 Å². The van der Waals surface area contributed by atoms with Crippen LogP contribution in [-0.4, -0.2) is 50.8 Å². The van der Waals surface area contributed by atoms with Crippen LogP contribution in [0.4, 0.5) is 0 Å². The Morgan fingerprint density at radius 1 is 1.24 bits per heavy atom. The molecule has 1 saturated carbocycles. The van der Waals surface area contributed by atoms with Gasteiger partial charge < -0.3 is 9.32 Å². The summed E-state index contributed by atoms with van der Waals surface area (Å²) in [5.41, 5.74) is 1.24. The number of hydrogen-bond donors (Lipinski definition) is 0. The maximum Gasteiger partial charge on any atom is 0.277 e. The van der Waals surface area contributed by atoms with Crippen LogP contribution in [0.1, 0.15) is 57.3 Å². The van der Waals surface area contributed by atoms with Gasteiger partial charge in [-0.2, -0.15) is 0 Å². The van der Waals surface area contributed by atoms with E-state index in [1.165, 1.54) is 43.1 Å². The Bertz CT molecular complexity index is 635. The Balaban J connectivity index is 1.31. The molecule has 136 valence electrons. The maximum absolute atomic E-state index is 12.7. The number of rotatable bonds is 7. The number of nitrogens with zero attached hydrogens (tertiary/aromatic N) is 4. The van der Waals surface area contributed by atoms with E-state index >= 15 is 0 Å². The molecule has 2 fully saturated rings. The van der Waals surface area contributed by atoms with Crippen LogP contribution in [0.3, 0.4) is 0 Å². The van der Waals surface area contributed by atoms with Gasteiger partial charge in [0.15, 0.2) is 0 Å². The fraction of sp³-hybridized carbons (Fsp3) is 0.722. The minimum absolute atomic E-state index is 0.181. The highest BCUT2D eigenvalue weighted by Crippen LogP contribution is 2.34. The Hall–Kier alpha value is -1.34. The number of likely N-dealkylation sites (tertiary alicyclic amines) is 1. The number of aromatic nitrogens is 2. The summed E-state index contributed by atoms with van der Waals surface area (Å²) in [5, 5.41) is 8.73. The second-order valence-corrected chi connectivity index (χ2v) is 8.10. The van der Waals surface area contributed by atoms with Crippen LogP contribution in [-0.2, 0) is 11.3 Å². The maximum atomic E-state index is 12.7. The Labute approximate surface area is 153 Å². The van der Waals surface area contributed by atoms with E-state index in [0.717, 1.165) is 45.3 Å². The van der Waals surface area contributed by atoms with Gasteiger partial charge in [0.05, 0.1) is 12.3 Å². The monoisotopic (exact) mass is 362 g/mol. The third kappa shape index (κ3) is 4.44. The molecule has 1 amide bonds. The molecule has 0 N–H and O–H groups in total. The van der Waals surface area contributed by atoms with Crippen molar-refractivity contribution in [3.05, 3.63) is 17.7 Å². The molecular weight excluding hydrogens is 336 g/mol. The van der Waals surface area contributed by atoms with E-state index in [1.807, 2.05) is 4.90 Å². The number of amides is 1. The second kappa shape index (κ2) is 7.91. The van der Waals surface area contributed by atoms with Gasteiger partial charge in [-0.05, 0) is 64.5 Å². The van der Waals surface area contributed by atoms with Gasteiger partial charge in [0.1, 0.15) is 0 Å². The van der Waals surface area contributed by atoms with Crippen molar-refractivity contribution in [3.63, 3.8) is 0 Å². The van der Waals surface area contributed by atoms with Gasteiger partial charge in [-0.25, -0.2) is 0 Å². The van der Waals surface area contributed by atoms with Crippen LogP contribution in [0.2, 0.25) is 0 Å². The first-order valence-corrected chi connectivity index (χ1v) is 10.5. The standard InChI is InChI=1S/C18H26N4O2S/c23-17(22(15-8-9-15)14-6-2-1-3-7-14)13-25-18-20-19-16(24-18)12-21-10-4-5-11-21/h6,15H,1-5,7-13H2. The average molecular weight is 362 g/mol. The molecule has 4 rings (SSSR count). The molecular formula is C18H26N4O2S. The zero-order valence-corrected chi connectivity index (χ0v) is 15.5. The Kier molecular flexibility index (Phi) is 5.41. The molecule has 2 heterocycles. The molecule has 0 unspecified atom stereocenters. The lowest BCUT2D eigenvalue weighted by Gasteiger charge is -2.27. The summed E-state index contributed by atoms with van der Waals surface area (Å²) in [4.78, 5) is 17.1. The molecule has 25 heavy (non-hydrogen) atoms. The normalized spacial score (nSPS) is 21.4. The molecule has 0 radical (unpaired) electrons. The average Bonchev–Trinajstić information content (AvgIpc) is 3.14. The van der Waals surface area contributed by atoms with Gasteiger partial charge in [0, 0.05) is 11.7 Å². The number of hydrogen-bond acceptors (Lipinski definition) is 6. The third-order valence-corrected chi connectivity index (χ3v) is 5.89. The molecule has 1 saturated heterocycles. The van der Waals surface area contributed by atoms with E-state index in [4.69, 9.17) is 4.42 Å². The van der Waals surface area contributed by atoms with Gasteiger partial charge >= 0.3 is 0 Å². The minimum Gasteiger partial charge on any atom is -0.415 e. The van der Waals surface area contributed by atoms with Crippen molar-refractivity contribution in [2.75, 3.05) is 18.8 Å². The number of carbonyl (C=O) groups excluding carboxylic acids is 1. The van der Waals surface area contributed by atoms with E-state index in [0.29, 0.717) is 22.9 Å². The van der Waals surface area contributed by atoms with Crippen LogP contribution < -0.4 is 0 Å². The fourth-order valence-electron chi connectivity index (χ4n) is 3.66. The lowest BCUT2D eigenvalue weighted by Crippen LogP contribution is -2.34. The van der Waals surface area contributed by atoms with Crippen LogP contribution >= 0.6 is 11.8 Å². The van der Waals surface area contributed by atoms with Gasteiger partial charge in [0.25, 0.3) is 5.22 Å². The number of carbonyl (C=O) groups is 1. The van der Waals surface area contributed by atoms with Crippen LogP contribution in [0.5, 0.6) is 0 Å². The molecule has 0 aromatic carbocycles. The lowest BCUT2D eigenvalue weighted by atomic mass is 10.0. The summed E-state index contributed by atoms with van der Waals surface area (Å²) in [6, 6.07) is 0.422. The molecule has 3 aliphatic rings. The van der Waals surface area contributed by atoms with Crippen LogP contribution in [0.15, 0.2) is 21.4 Å². The summed E-state index contributed by atoms with van der Waals surface area (Å²) < 4.78 is 5.71. The topological polar surface area (TPSA) is 62.5 Å². The summed E-state index contributed by atoms with van der Waals surface area (Å²) in [6.07, 6.45) is 11.6. The Morgan fingerprint density at radius 3 is 2.80 bits per heavy atom. The largest absolute Gasteiger partial charge is 0.415 e. The molecule has 6 nitrogen and oxygen atoms in total. The lowest BCUT2D eigenvalue weighted by molar-refractivity contribution is -0.127. The van der Waals surface area contributed by atoms with Crippen molar-refractivity contribution >= 4 is 17.7 Å². The first-order chi connectivity index (χ1) is 12.3. The van der Waals surface area contributed by atoms with Crippen molar-refractivity contribution < 1.29 is 9.21 Å². The van der Waals surface area contributed by atoms with Crippen molar-refractivity contribution in [2.45, 2.75) is 69.2 Å². The van der Waals surface area contributed by atoms with E-state index in [2.05, 4.69) is 21.2 Å². The molecule has 2 aliphatic carbocycles. The highest BCUT2D eigenvalue weighted by Gasteiger charge is 2.35. The predicted molar refractivity (Wildman–Crippen MR) is 96.0 cm³/mol. The van der Waals surface area contributed by atoms with Crippen LogP contribution in [0, 0.1) is 0 Å². The molecule has 0 bridgehead atoms. The van der Waals surface area contributed by atoms with Crippen molar-refractivity contribution in [1.82, 2.24) is 20.0 Å². The van der Waals surface area contributed by atoms with Gasteiger partial charge in [0.2, 0.25) is 11.8 Å². The summed E-state index contributed by atoms with van der Waals surface area (Å²) >= 11 is 1.37. The minimum atomic E-state index is 0.181. The van der Waals surface area contributed by atoms with Crippen molar-refractivity contribution in [2.24, 2.45) is 0 Å². The highest BCUT2D eigenvalue weighted by atomic mass is 32.2. The SMILES string of the molecule is O=C(CSc1nnc(CN2CCCC2)o1)N(C1=CCCCC1)C1CC1. The quantitative estimate of drug-likeness (QED) is 0.694. The van der Waals surface area contributed by atoms with Gasteiger partial charge in [-0.15, -0.1) is 10.2 Å². The molecule has 1 aliphatic heterocycles. The number of thioether (sulfide) groups is 1. The highest BCUT2D eigenvalue weighted by molar-refractivity contribution is 7.99. The Morgan fingerprint density at radius 2 is 2.08 bits per heavy atom. The van der Waals surface area contributed by atoms with Crippen molar-refractivity contribution in [3.8, 4) is 0 Å². The summed E-state index contributed by atoms with van der Waals surface area (Å²) in [7, 11) is 0. The van der Waals surface area contributed by atoms with Gasteiger partial charge in [-0.3, -0.25) is 9.69 Å². The molecule has 1 aromatic rings. The third-order valence-electron chi connectivity index (χ3n) is 5.08. The van der Waals surface area contributed by atoms with E-state index in [9.17, 15) is 4.79 Å². The first kappa shape index (κ1) is 17.1. The summed E-state index contributed by atoms with van der Waals surface area (Å²) in [5.74, 6) is 1.21. The van der Waals surface area contributed by atoms with Gasteiger partial charge in [-0.1, -0.05) is 17.8 Å². The fourth-order valence-corrected chi connectivity index (χ4v) is 4.30. The molecule has 1 aromatic heterocycles. The molecule has 7 heteroatoms. The number of allylic oxidation sites excluding steroid dienone is 2.